The lowest BCUT2D eigenvalue weighted by atomic mass is 10.2. The first-order valence-corrected chi connectivity index (χ1v) is 5.48. The Hall–Kier alpha value is -1.97. The first-order chi connectivity index (χ1) is 7.96. The second-order valence-corrected chi connectivity index (χ2v) is 4.82. The van der Waals surface area contributed by atoms with E-state index in [1.54, 1.807) is 35.3 Å². The molecule has 0 atom stereocenters. The van der Waals surface area contributed by atoms with Crippen molar-refractivity contribution in [3.63, 3.8) is 0 Å². The second kappa shape index (κ2) is 4.13. The smallest absolute Gasteiger partial charge is 0.158 e. The fourth-order valence-electron chi connectivity index (χ4n) is 1.50. The van der Waals surface area contributed by atoms with Crippen LogP contribution in [0.3, 0.4) is 0 Å². The summed E-state index contributed by atoms with van der Waals surface area (Å²) in [5, 5.41) is 13.9. The van der Waals surface area contributed by atoms with E-state index in [0.29, 0.717) is 11.4 Å². The van der Waals surface area contributed by atoms with Crippen molar-refractivity contribution in [3.05, 3.63) is 36.7 Å². The summed E-state index contributed by atoms with van der Waals surface area (Å²) in [4.78, 5) is 0. The zero-order valence-corrected chi connectivity index (χ0v) is 10.2. The van der Waals surface area contributed by atoms with Crippen molar-refractivity contribution in [1.82, 2.24) is 9.78 Å². The van der Waals surface area contributed by atoms with Crippen LogP contribution < -0.4 is 4.74 Å². The molecule has 0 saturated heterocycles. The van der Waals surface area contributed by atoms with Crippen LogP contribution >= 0.6 is 0 Å². The normalized spacial score (nSPS) is 11.5. The second-order valence-electron chi connectivity index (χ2n) is 4.82. The van der Waals surface area contributed by atoms with Gasteiger partial charge in [-0.3, -0.25) is 0 Å². The third-order valence-corrected chi connectivity index (χ3v) is 2.11. The number of hydrogen-bond acceptors (Lipinski definition) is 3. The predicted molar refractivity (Wildman–Crippen MR) is 65.6 cm³/mol. The number of aromatic nitrogens is 2. The highest BCUT2D eigenvalue weighted by molar-refractivity contribution is 5.45. The molecule has 1 aromatic heterocycles. The molecule has 0 unspecified atom stereocenters. The molecular formula is C13H16N2O2. The highest BCUT2D eigenvalue weighted by Gasteiger charge is 2.13. The molecule has 1 heterocycles. The lowest BCUT2D eigenvalue weighted by Crippen LogP contribution is -2.22. The molecule has 17 heavy (non-hydrogen) atoms. The number of aromatic hydroxyl groups is 1. The Morgan fingerprint density at radius 2 is 1.94 bits per heavy atom. The van der Waals surface area contributed by atoms with E-state index in [0.717, 1.165) is 0 Å². The number of phenolic OH excluding ortho intramolecular Hbond substituents is 1. The molecule has 1 aromatic carbocycles. The van der Waals surface area contributed by atoms with E-state index in [2.05, 4.69) is 5.10 Å². The summed E-state index contributed by atoms with van der Waals surface area (Å²) >= 11 is 0. The summed E-state index contributed by atoms with van der Waals surface area (Å²) in [6, 6.07) is 7.04. The first kappa shape index (κ1) is 11.5. The lowest BCUT2D eigenvalue weighted by Gasteiger charge is -2.19. The van der Waals surface area contributed by atoms with Crippen LogP contribution in [0.2, 0.25) is 0 Å². The summed E-state index contributed by atoms with van der Waals surface area (Å²) in [6.07, 6.45) is 3.39. The maximum atomic E-state index is 9.70. The monoisotopic (exact) mass is 232 g/mol. The van der Waals surface area contributed by atoms with Crippen molar-refractivity contribution in [2.45, 2.75) is 26.4 Å². The molecular weight excluding hydrogens is 216 g/mol. The topological polar surface area (TPSA) is 47.3 Å². The van der Waals surface area contributed by atoms with Gasteiger partial charge in [0, 0.05) is 0 Å². The molecule has 0 fully saturated rings. The highest BCUT2D eigenvalue weighted by atomic mass is 16.5. The average Bonchev–Trinajstić information content (AvgIpc) is 2.64. The number of ether oxygens (including phenoxy) is 1. The van der Waals surface area contributed by atoms with Gasteiger partial charge in [-0.2, -0.15) is 5.10 Å². The highest BCUT2D eigenvalue weighted by Crippen LogP contribution is 2.23. The van der Waals surface area contributed by atoms with Gasteiger partial charge in [0.2, 0.25) is 0 Å². The molecule has 0 radical (unpaired) electrons. The number of nitrogens with zero attached hydrogens (tertiary/aromatic N) is 2. The van der Waals surface area contributed by atoms with Crippen LogP contribution in [0.4, 0.5) is 0 Å². The zero-order valence-electron chi connectivity index (χ0n) is 10.2. The number of hydrogen-bond donors (Lipinski definition) is 1. The van der Waals surface area contributed by atoms with E-state index >= 15 is 0 Å². The van der Waals surface area contributed by atoms with Gasteiger partial charge in [0.1, 0.15) is 17.0 Å². The third kappa shape index (κ3) is 2.78. The summed E-state index contributed by atoms with van der Waals surface area (Å²) in [5.41, 5.74) is 0.378. The van der Waals surface area contributed by atoms with E-state index in [1.807, 2.05) is 26.8 Å². The molecule has 0 saturated carbocycles. The quantitative estimate of drug-likeness (QED) is 0.866. The van der Waals surface area contributed by atoms with Crippen LogP contribution in [0.1, 0.15) is 20.8 Å². The van der Waals surface area contributed by atoms with Gasteiger partial charge in [-0.15, -0.1) is 0 Å². The van der Waals surface area contributed by atoms with E-state index < -0.39 is 0 Å². The summed E-state index contributed by atoms with van der Waals surface area (Å²) in [7, 11) is 0. The minimum absolute atomic E-state index is 0.193. The van der Waals surface area contributed by atoms with Gasteiger partial charge in [0.25, 0.3) is 0 Å². The molecule has 2 rings (SSSR count). The Balaban J connectivity index is 2.28. The molecule has 0 spiro atoms. The van der Waals surface area contributed by atoms with Gasteiger partial charge in [-0.1, -0.05) is 12.1 Å². The Morgan fingerprint density at radius 3 is 2.59 bits per heavy atom. The summed E-state index contributed by atoms with van der Waals surface area (Å²) < 4.78 is 7.27. The predicted octanol–water partition coefficient (Wildman–Crippen LogP) is 2.76. The largest absolute Gasteiger partial charge is 0.506 e. The summed E-state index contributed by atoms with van der Waals surface area (Å²) in [6.45, 7) is 5.93. The van der Waals surface area contributed by atoms with Crippen molar-refractivity contribution in [2.24, 2.45) is 0 Å². The van der Waals surface area contributed by atoms with E-state index in [1.165, 1.54) is 0 Å². The fourth-order valence-corrected chi connectivity index (χ4v) is 1.50. The molecule has 4 heteroatoms. The maximum absolute atomic E-state index is 9.70. The number of benzene rings is 1. The minimum Gasteiger partial charge on any atom is -0.506 e. The van der Waals surface area contributed by atoms with Crippen LogP contribution in [0.15, 0.2) is 36.7 Å². The van der Waals surface area contributed by atoms with Crippen LogP contribution in [0.5, 0.6) is 11.5 Å². The van der Waals surface area contributed by atoms with Crippen molar-refractivity contribution in [2.75, 3.05) is 0 Å². The Bertz CT molecular complexity index is 512. The van der Waals surface area contributed by atoms with Gasteiger partial charge in [0.05, 0.1) is 12.4 Å². The average molecular weight is 232 g/mol. The van der Waals surface area contributed by atoms with E-state index in [9.17, 15) is 5.11 Å². The third-order valence-electron chi connectivity index (χ3n) is 2.11. The summed E-state index contributed by atoms with van der Waals surface area (Å²) in [5.74, 6) is 0.874. The Morgan fingerprint density at radius 1 is 1.24 bits per heavy atom. The molecule has 0 aliphatic heterocycles. The molecule has 2 aromatic rings. The molecule has 0 amide bonds. The molecule has 4 nitrogen and oxygen atoms in total. The molecule has 90 valence electrons. The van der Waals surface area contributed by atoms with Gasteiger partial charge >= 0.3 is 0 Å². The van der Waals surface area contributed by atoms with Gasteiger partial charge < -0.3 is 9.84 Å². The van der Waals surface area contributed by atoms with Crippen LogP contribution in [0, 0.1) is 0 Å². The first-order valence-electron chi connectivity index (χ1n) is 5.48. The molecule has 0 aliphatic carbocycles. The van der Waals surface area contributed by atoms with E-state index in [-0.39, 0.29) is 11.4 Å². The minimum atomic E-state index is -0.257. The van der Waals surface area contributed by atoms with Crippen molar-refractivity contribution in [3.8, 4) is 17.2 Å². The Labute approximate surface area is 100 Å². The molecule has 0 aliphatic rings. The van der Waals surface area contributed by atoms with Gasteiger partial charge in [-0.25, -0.2) is 4.68 Å². The van der Waals surface area contributed by atoms with Crippen LogP contribution in [-0.2, 0) is 0 Å². The standard InChI is InChI=1S/C13H16N2O2/c1-13(2,3)17-10-8-14-15(9-10)11-6-4-5-7-12(11)16/h4-9,16H,1-3H3. The SMILES string of the molecule is CC(C)(C)Oc1cnn(-c2ccccc2O)c1. The molecule has 1 N–H and O–H groups in total. The van der Waals surface area contributed by atoms with Crippen LogP contribution in [-0.4, -0.2) is 20.5 Å². The maximum Gasteiger partial charge on any atom is 0.158 e. The van der Waals surface area contributed by atoms with Gasteiger partial charge in [-0.05, 0) is 32.9 Å². The van der Waals surface area contributed by atoms with E-state index in [4.69, 9.17) is 4.74 Å². The number of rotatable bonds is 2. The molecule has 0 bridgehead atoms. The lowest BCUT2D eigenvalue weighted by molar-refractivity contribution is 0.131. The van der Waals surface area contributed by atoms with Crippen molar-refractivity contribution < 1.29 is 9.84 Å². The van der Waals surface area contributed by atoms with Gasteiger partial charge in [0.15, 0.2) is 5.75 Å². The zero-order chi connectivity index (χ0) is 12.5. The van der Waals surface area contributed by atoms with Crippen molar-refractivity contribution in [1.29, 1.82) is 0 Å². The van der Waals surface area contributed by atoms with Crippen LogP contribution in [0.25, 0.3) is 5.69 Å². The fraction of sp³-hybridized carbons (Fsp3) is 0.308. The number of phenols is 1. The Kier molecular flexibility index (Phi) is 2.79. The van der Waals surface area contributed by atoms with Crippen molar-refractivity contribution >= 4 is 0 Å². The number of para-hydroxylation sites is 2.